The summed E-state index contributed by atoms with van der Waals surface area (Å²) in [6, 6.07) is 27.1. The van der Waals surface area contributed by atoms with Crippen LogP contribution in [0.1, 0.15) is 10.4 Å². The van der Waals surface area contributed by atoms with Gasteiger partial charge in [-0.25, -0.2) is 9.13 Å². The largest absolute Gasteiger partial charge is 0.397 e. The van der Waals surface area contributed by atoms with Gasteiger partial charge in [-0.05, 0) is 48.5 Å². The zero-order valence-electron chi connectivity index (χ0n) is 20.2. The number of pyridine rings is 2. The van der Waals surface area contributed by atoms with Crippen molar-refractivity contribution in [2.24, 2.45) is 14.1 Å². The number of benzene rings is 3. The third-order valence-electron chi connectivity index (χ3n) is 6.03. The minimum absolute atomic E-state index is 0.221. The number of aryl methyl sites for hydroxylation is 2. The second-order valence-electron chi connectivity index (χ2n) is 8.69. The first-order valence-corrected chi connectivity index (χ1v) is 11.6. The lowest BCUT2D eigenvalue weighted by Gasteiger charge is -2.12. The molecular formula is C29H28N6O+2. The van der Waals surface area contributed by atoms with Crippen LogP contribution in [0.5, 0.6) is 0 Å². The average Bonchev–Trinajstić information content (AvgIpc) is 2.89. The van der Waals surface area contributed by atoms with Crippen LogP contribution in [0.4, 0.5) is 34.1 Å². The van der Waals surface area contributed by atoms with Crippen LogP contribution < -0.4 is 30.8 Å². The van der Waals surface area contributed by atoms with Crippen molar-refractivity contribution in [2.75, 3.05) is 21.7 Å². The number of nitrogens with two attached hydrogens (primary N) is 1. The fraction of sp³-hybridized carbons (Fsp3) is 0.0690. The van der Waals surface area contributed by atoms with Crippen molar-refractivity contribution in [3.8, 4) is 0 Å². The van der Waals surface area contributed by atoms with Crippen LogP contribution >= 0.6 is 0 Å². The second kappa shape index (κ2) is 9.76. The Morgan fingerprint density at radius 1 is 0.722 bits per heavy atom. The third-order valence-corrected chi connectivity index (χ3v) is 6.03. The van der Waals surface area contributed by atoms with E-state index in [2.05, 4.69) is 32.7 Å². The lowest BCUT2D eigenvalue weighted by atomic mass is 10.1. The van der Waals surface area contributed by atoms with Crippen LogP contribution in [0.2, 0.25) is 0 Å². The maximum Gasteiger partial charge on any atom is 0.255 e. The quantitative estimate of drug-likeness (QED) is 0.209. The first-order chi connectivity index (χ1) is 17.5. The molecule has 5 N–H and O–H groups in total. The predicted molar refractivity (Wildman–Crippen MR) is 145 cm³/mol. The molecule has 0 radical (unpaired) electrons. The highest BCUT2D eigenvalue weighted by Crippen LogP contribution is 2.27. The summed E-state index contributed by atoms with van der Waals surface area (Å²) in [5.41, 5.74) is 12.7. The Hall–Kier alpha value is -4.91. The van der Waals surface area contributed by atoms with Crippen molar-refractivity contribution in [3.63, 3.8) is 0 Å². The van der Waals surface area contributed by atoms with Gasteiger partial charge in [-0.15, -0.1) is 0 Å². The molecule has 2 aromatic heterocycles. The summed E-state index contributed by atoms with van der Waals surface area (Å²) in [5, 5.41) is 10.8. The SMILES string of the molecule is C[n+]1ccc(Nc2ccc(NC(=O)c3ccc(Nc4cc[n+](C)c5ccccc45)cc3)c(N)c2)cc1. The molecule has 5 aromatic rings. The molecule has 7 nitrogen and oxygen atoms in total. The molecule has 0 saturated heterocycles. The topological polar surface area (TPSA) is 86.9 Å². The fourth-order valence-corrected chi connectivity index (χ4v) is 4.03. The van der Waals surface area contributed by atoms with Crippen molar-refractivity contribution in [1.29, 1.82) is 0 Å². The van der Waals surface area contributed by atoms with Gasteiger partial charge in [0.15, 0.2) is 18.6 Å². The lowest BCUT2D eigenvalue weighted by molar-refractivity contribution is -0.671. The van der Waals surface area contributed by atoms with Crippen LogP contribution in [0.25, 0.3) is 10.9 Å². The van der Waals surface area contributed by atoms with E-state index in [0.717, 1.165) is 33.7 Å². The first-order valence-electron chi connectivity index (χ1n) is 11.6. The second-order valence-corrected chi connectivity index (χ2v) is 8.69. The van der Waals surface area contributed by atoms with Gasteiger partial charge < -0.3 is 21.7 Å². The van der Waals surface area contributed by atoms with E-state index in [0.29, 0.717) is 16.9 Å². The van der Waals surface area contributed by atoms with E-state index < -0.39 is 0 Å². The van der Waals surface area contributed by atoms with Crippen LogP contribution in [0, 0.1) is 0 Å². The molecule has 1 amide bonds. The summed E-state index contributed by atoms with van der Waals surface area (Å²) < 4.78 is 4.05. The highest BCUT2D eigenvalue weighted by molar-refractivity contribution is 6.06. The Morgan fingerprint density at radius 3 is 2.17 bits per heavy atom. The summed E-state index contributed by atoms with van der Waals surface area (Å²) in [6.45, 7) is 0. The minimum atomic E-state index is -0.221. The molecule has 0 bridgehead atoms. The fourth-order valence-electron chi connectivity index (χ4n) is 4.03. The zero-order chi connectivity index (χ0) is 25.1. The van der Waals surface area contributed by atoms with Gasteiger partial charge in [0.05, 0.1) is 28.1 Å². The summed E-state index contributed by atoms with van der Waals surface area (Å²) in [6.07, 6.45) is 5.95. The van der Waals surface area contributed by atoms with Crippen molar-refractivity contribution >= 4 is 50.9 Å². The molecule has 5 rings (SSSR count). The summed E-state index contributed by atoms with van der Waals surface area (Å²) in [4.78, 5) is 12.8. The molecule has 0 saturated carbocycles. The van der Waals surface area contributed by atoms with Crippen LogP contribution in [-0.2, 0) is 14.1 Å². The van der Waals surface area contributed by atoms with E-state index in [4.69, 9.17) is 5.73 Å². The number of para-hydroxylation sites is 1. The van der Waals surface area contributed by atoms with Gasteiger partial charge >= 0.3 is 0 Å². The number of amides is 1. The van der Waals surface area contributed by atoms with E-state index in [1.165, 1.54) is 0 Å². The minimum Gasteiger partial charge on any atom is -0.397 e. The van der Waals surface area contributed by atoms with E-state index in [-0.39, 0.29) is 5.91 Å². The average molecular weight is 477 g/mol. The molecule has 7 heteroatoms. The number of carbonyl (C=O) groups excluding carboxylic acids is 1. The van der Waals surface area contributed by atoms with E-state index >= 15 is 0 Å². The highest BCUT2D eigenvalue weighted by atomic mass is 16.1. The summed E-state index contributed by atoms with van der Waals surface area (Å²) in [7, 11) is 3.99. The monoisotopic (exact) mass is 476 g/mol. The number of nitrogen functional groups attached to an aromatic ring is 1. The van der Waals surface area contributed by atoms with Gasteiger partial charge in [-0.1, -0.05) is 12.1 Å². The number of nitrogens with one attached hydrogen (secondary N) is 3. The number of aromatic nitrogens is 2. The Kier molecular flexibility index (Phi) is 6.19. The Labute approximate surface area is 209 Å². The zero-order valence-corrected chi connectivity index (χ0v) is 20.2. The molecule has 0 unspecified atom stereocenters. The van der Waals surface area contributed by atoms with Crippen molar-refractivity contribution in [2.45, 2.75) is 0 Å². The van der Waals surface area contributed by atoms with Crippen molar-refractivity contribution in [3.05, 3.63) is 109 Å². The van der Waals surface area contributed by atoms with E-state index in [9.17, 15) is 4.79 Å². The Bertz CT molecular complexity index is 1550. The number of carbonyl (C=O) groups is 1. The number of anilines is 6. The molecule has 0 aliphatic rings. The molecular weight excluding hydrogens is 448 g/mol. The molecule has 0 spiro atoms. The van der Waals surface area contributed by atoms with Crippen LogP contribution in [0.3, 0.4) is 0 Å². The van der Waals surface area contributed by atoms with Crippen LogP contribution in [0.15, 0.2) is 104 Å². The van der Waals surface area contributed by atoms with Gasteiger partial charge in [0.2, 0.25) is 5.52 Å². The van der Waals surface area contributed by atoms with Gasteiger partial charge in [0, 0.05) is 41.2 Å². The van der Waals surface area contributed by atoms with E-state index in [1.807, 2.05) is 85.8 Å². The standard InChI is InChI=1S/C29H26N6O/c1-34-16-13-22(14-17-34)31-23-11-12-27(25(30)19-23)33-29(36)20-7-9-21(10-8-20)32-26-15-18-35(2)28-6-4-3-5-24(26)28/h3-19H,30H2,1-2H3,(H,33,36)/p+2. The normalized spacial score (nSPS) is 10.7. The predicted octanol–water partition coefficient (Wildman–Crippen LogP) is 4.81. The molecule has 3 aromatic carbocycles. The number of hydrogen-bond acceptors (Lipinski definition) is 4. The molecule has 0 atom stereocenters. The van der Waals surface area contributed by atoms with Crippen molar-refractivity contribution < 1.29 is 13.9 Å². The van der Waals surface area contributed by atoms with E-state index in [1.54, 1.807) is 24.3 Å². The smallest absolute Gasteiger partial charge is 0.255 e. The molecule has 0 aliphatic carbocycles. The maximum atomic E-state index is 12.8. The van der Waals surface area contributed by atoms with Gasteiger partial charge in [-0.2, -0.15) is 0 Å². The number of fused-ring (bicyclic) bond motifs is 1. The number of nitrogens with zero attached hydrogens (tertiary/aromatic N) is 2. The third kappa shape index (κ3) is 4.95. The number of hydrogen-bond donors (Lipinski definition) is 4. The Balaban J connectivity index is 1.26. The van der Waals surface area contributed by atoms with Gasteiger partial charge in [0.1, 0.15) is 14.1 Å². The maximum absolute atomic E-state index is 12.8. The lowest BCUT2D eigenvalue weighted by Crippen LogP contribution is -2.28. The van der Waals surface area contributed by atoms with Crippen molar-refractivity contribution in [1.82, 2.24) is 0 Å². The molecule has 0 fully saturated rings. The molecule has 0 aliphatic heterocycles. The van der Waals surface area contributed by atoms with Crippen LogP contribution in [-0.4, -0.2) is 5.91 Å². The van der Waals surface area contributed by atoms with Gasteiger partial charge in [-0.3, -0.25) is 4.79 Å². The number of rotatable bonds is 6. The highest BCUT2D eigenvalue weighted by Gasteiger charge is 2.11. The molecule has 36 heavy (non-hydrogen) atoms. The molecule has 178 valence electrons. The summed E-state index contributed by atoms with van der Waals surface area (Å²) in [5.74, 6) is -0.221. The first kappa shape index (κ1) is 22.9. The van der Waals surface area contributed by atoms with Gasteiger partial charge in [0.25, 0.3) is 5.91 Å². The molecule has 2 heterocycles. The summed E-state index contributed by atoms with van der Waals surface area (Å²) >= 11 is 0. The Morgan fingerprint density at radius 2 is 1.42 bits per heavy atom.